The summed E-state index contributed by atoms with van der Waals surface area (Å²) in [4.78, 5) is 27.7. The van der Waals surface area contributed by atoms with Crippen molar-refractivity contribution in [3.05, 3.63) is 59.2 Å². The number of hydrogen-bond acceptors (Lipinski definition) is 4. The summed E-state index contributed by atoms with van der Waals surface area (Å²) in [5.74, 6) is -0.323. The Morgan fingerprint density at radius 2 is 1.60 bits per heavy atom. The maximum Gasteiger partial charge on any atom is 0.261 e. The van der Waals surface area contributed by atoms with Crippen molar-refractivity contribution in [2.24, 2.45) is 5.92 Å². The van der Waals surface area contributed by atoms with E-state index in [-0.39, 0.29) is 28.7 Å². The zero-order chi connectivity index (χ0) is 25.0. The van der Waals surface area contributed by atoms with E-state index in [0.29, 0.717) is 24.3 Å². The highest BCUT2D eigenvalue weighted by Gasteiger charge is 2.30. The third-order valence-corrected chi connectivity index (χ3v) is 8.60. The SMILES string of the molecule is Cc1ccc(NS(=O)(=O)c2ccc(C(=O)N3CCCC(C(=O)NC4CCCCC4)C3)cc2)cc1C. The molecule has 2 aromatic carbocycles. The molecule has 0 radical (unpaired) electrons. The van der Waals surface area contributed by atoms with Gasteiger partial charge >= 0.3 is 0 Å². The summed E-state index contributed by atoms with van der Waals surface area (Å²) < 4.78 is 28.2. The number of hydrogen-bond donors (Lipinski definition) is 2. The lowest BCUT2D eigenvalue weighted by atomic mass is 9.93. The van der Waals surface area contributed by atoms with Gasteiger partial charge in [0.1, 0.15) is 0 Å². The van der Waals surface area contributed by atoms with Crippen LogP contribution in [0.4, 0.5) is 5.69 Å². The number of aryl methyl sites for hydroxylation is 2. The van der Waals surface area contributed by atoms with E-state index in [1.165, 1.54) is 18.6 Å². The molecule has 1 saturated carbocycles. The minimum absolute atomic E-state index is 0.0493. The number of carbonyl (C=O) groups excluding carboxylic acids is 2. The van der Waals surface area contributed by atoms with Crippen molar-refractivity contribution in [3.63, 3.8) is 0 Å². The first kappa shape index (κ1) is 25.2. The van der Waals surface area contributed by atoms with Gasteiger partial charge in [-0.3, -0.25) is 14.3 Å². The molecule has 1 saturated heterocycles. The Morgan fingerprint density at radius 3 is 2.29 bits per heavy atom. The van der Waals surface area contributed by atoms with E-state index in [1.807, 2.05) is 19.9 Å². The molecule has 1 atom stereocenters. The number of sulfonamides is 1. The molecule has 1 unspecified atom stereocenters. The van der Waals surface area contributed by atoms with E-state index in [9.17, 15) is 18.0 Å². The summed E-state index contributed by atoms with van der Waals surface area (Å²) in [6.07, 6.45) is 7.19. The third kappa shape index (κ3) is 6.23. The lowest BCUT2D eigenvalue weighted by Crippen LogP contribution is -2.47. The Morgan fingerprint density at radius 1 is 0.886 bits per heavy atom. The lowest BCUT2D eigenvalue weighted by molar-refractivity contribution is -0.127. The Kier molecular flexibility index (Phi) is 7.79. The lowest BCUT2D eigenvalue weighted by Gasteiger charge is -2.33. The van der Waals surface area contributed by atoms with Crippen molar-refractivity contribution in [2.75, 3.05) is 17.8 Å². The van der Waals surface area contributed by atoms with Gasteiger partial charge in [-0.2, -0.15) is 0 Å². The first-order valence-electron chi connectivity index (χ1n) is 12.5. The molecule has 1 heterocycles. The number of anilines is 1. The first-order chi connectivity index (χ1) is 16.7. The predicted octanol–water partition coefficient (Wildman–Crippen LogP) is 4.41. The Balaban J connectivity index is 1.38. The standard InChI is InChI=1S/C27H35N3O4S/c1-19-10-13-24(17-20(19)2)29-35(33,34)25-14-11-21(12-15-25)27(32)30-16-6-7-22(18-30)26(31)28-23-8-4-3-5-9-23/h10-15,17,22-23,29H,3-9,16,18H2,1-2H3,(H,28,31). The van der Waals surface area contributed by atoms with Crippen LogP contribution in [0, 0.1) is 19.8 Å². The molecule has 0 spiro atoms. The predicted molar refractivity (Wildman–Crippen MR) is 137 cm³/mol. The molecule has 2 aromatic rings. The maximum absolute atomic E-state index is 13.1. The maximum atomic E-state index is 13.1. The number of nitrogens with zero attached hydrogens (tertiary/aromatic N) is 1. The average molecular weight is 498 g/mol. The van der Waals surface area contributed by atoms with Crippen LogP contribution in [-0.4, -0.2) is 44.3 Å². The summed E-state index contributed by atoms with van der Waals surface area (Å²) in [7, 11) is -3.77. The average Bonchev–Trinajstić information content (AvgIpc) is 2.86. The molecule has 188 valence electrons. The minimum Gasteiger partial charge on any atom is -0.353 e. The topological polar surface area (TPSA) is 95.6 Å². The van der Waals surface area contributed by atoms with Gasteiger partial charge in [0, 0.05) is 30.4 Å². The smallest absolute Gasteiger partial charge is 0.261 e. The van der Waals surface area contributed by atoms with Crippen molar-refractivity contribution in [1.29, 1.82) is 0 Å². The molecule has 0 aromatic heterocycles. The second kappa shape index (κ2) is 10.8. The minimum atomic E-state index is -3.77. The third-order valence-electron chi connectivity index (χ3n) is 7.20. The normalized spacial score (nSPS) is 19.3. The largest absolute Gasteiger partial charge is 0.353 e. The fourth-order valence-electron chi connectivity index (χ4n) is 4.92. The van der Waals surface area contributed by atoms with Gasteiger partial charge in [-0.05, 0) is 87.1 Å². The molecule has 2 amide bonds. The monoisotopic (exact) mass is 497 g/mol. The molecule has 4 rings (SSSR count). The Bertz CT molecular complexity index is 1170. The summed E-state index contributed by atoms with van der Waals surface area (Å²) in [6, 6.07) is 11.6. The van der Waals surface area contributed by atoms with Crippen LogP contribution in [0.5, 0.6) is 0 Å². The van der Waals surface area contributed by atoms with Crippen molar-refractivity contribution < 1.29 is 18.0 Å². The van der Waals surface area contributed by atoms with Gasteiger partial charge in [0.05, 0.1) is 10.8 Å². The number of amides is 2. The highest BCUT2D eigenvalue weighted by atomic mass is 32.2. The molecular formula is C27H35N3O4S. The zero-order valence-electron chi connectivity index (χ0n) is 20.5. The van der Waals surface area contributed by atoms with E-state index in [4.69, 9.17) is 0 Å². The number of carbonyl (C=O) groups is 2. The molecule has 0 bridgehead atoms. The molecule has 7 nitrogen and oxygen atoms in total. The Labute approximate surface area is 208 Å². The molecule has 1 aliphatic carbocycles. The van der Waals surface area contributed by atoms with Crippen LogP contribution in [0.15, 0.2) is 47.4 Å². The van der Waals surface area contributed by atoms with Crippen molar-refractivity contribution >= 4 is 27.5 Å². The van der Waals surface area contributed by atoms with Crippen LogP contribution in [-0.2, 0) is 14.8 Å². The van der Waals surface area contributed by atoms with Gasteiger partial charge in [-0.15, -0.1) is 0 Å². The van der Waals surface area contributed by atoms with Crippen LogP contribution < -0.4 is 10.0 Å². The second-order valence-corrected chi connectivity index (χ2v) is 11.5. The second-order valence-electron chi connectivity index (χ2n) is 9.86. The molecular weight excluding hydrogens is 462 g/mol. The van der Waals surface area contributed by atoms with Crippen LogP contribution in [0.25, 0.3) is 0 Å². The van der Waals surface area contributed by atoms with Gasteiger partial charge in [0.2, 0.25) is 5.91 Å². The molecule has 2 fully saturated rings. The zero-order valence-corrected chi connectivity index (χ0v) is 21.4. The summed E-state index contributed by atoms with van der Waals surface area (Å²) >= 11 is 0. The molecule has 35 heavy (non-hydrogen) atoms. The summed E-state index contributed by atoms with van der Waals surface area (Å²) in [5.41, 5.74) is 3.00. The van der Waals surface area contributed by atoms with E-state index in [1.54, 1.807) is 29.2 Å². The van der Waals surface area contributed by atoms with Gasteiger partial charge in [-0.25, -0.2) is 8.42 Å². The van der Waals surface area contributed by atoms with E-state index < -0.39 is 10.0 Å². The highest BCUT2D eigenvalue weighted by Crippen LogP contribution is 2.23. The fourth-order valence-corrected chi connectivity index (χ4v) is 5.97. The quantitative estimate of drug-likeness (QED) is 0.618. The van der Waals surface area contributed by atoms with E-state index >= 15 is 0 Å². The molecule has 1 aliphatic heterocycles. The number of piperidine rings is 1. The van der Waals surface area contributed by atoms with Crippen LogP contribution in [0.1, 0.15) is 66.4 Å². The Hall–Kier alpha value is -2.87. The summed E-state index contributed by atoms with van der Waals surface area (Å²) in [6.45, 7) is 4.89. The number of likely N-dealkylation sites (tertiary alicyclic amines) is 1. The van der Waals surface area contributed by atoms with Gasteiger partial charge in [0.25, 0.3) is 15.9 Å². The first-order valence-corrected chi connectivity index (χ1v) is 14.0. The van der Waals surface area contributed by atoms with Crippen LogP contribution in [0.2, 0.25) is 0 Å². The molecule has 8 heteroatoms. The van der Waals surface area contributed by atoms with E-state index in [2.05, 4.69) is 10.0 Å². The number of rotatable bonds is 6. The van der Waals surface area contributed by atoms with E-state index in [0.717, 1.165) is 49.7 Å². The molecule has 2 aliphatic rings. The van der Waals surface area contributed by atoms with Crippen molar-refractivity contribution in [2.45, 2.75) is 69.7 Å². The van der Waals surface area contributed by atoms with Gasteiger partial charge < -0.3 is 10.2 Å². The van der Waals surface area contributed by atoms with Gasteiger partial charge in [-0.1, -0.05) is 25.3 Å². The summed E-state index contributed by atoms with van der Waals surface area (Å²) in [5, 5.41) is 3.19. The molecule has 2 N–H and O–H groups in total. The van der Waals surface area contributed by atoms with Crippen LogP contribution >= 0.6 is 0 Å². The van der Waals surface area contributed by atoms with Crippen molar-refractivity contribution in [3.8, 4) is 0 Å². The van der Waals surface area contributed by atoms with Crippen molar-refractivity contribution in [1.82, 2.24) is 10.2 Å². The highest BCUT2D eigenvalue weighted by molar-refractivity contribution is 7.92. The van der Waals surface area contributed by atoms with Crippen LogP contribution in [0.3, 0.4) is 0 Å². The number of benzene rings is 2. The fraction of sp³-hybridized carbons (Fsp3) is 0.481. The number of nitrogens with one attached hydrogen (secondary N) is 2. The van der Waals surface area contributed by atoms with Gasteiger partial charge in [0.15, 0.2) is 0 Å².